The first-order chi connectivity index (χ1) is 17.0. The van der Waals surface area contributed by atoms with Crippen molar-refractivity contribution in [1.82, 2.24) is 0 Å². The van der Waals surface area contributed by atoms with Crippen LogP contribution in [0, 0.1) is 0 Å². The Morgan fingerprint density at radius 3 is 1.89 bits per heavy atom. The molecule has 0 N–H and O–H groups in total. The Labute approximate surface area is 205 Å². The van der Waals surface area contributed by atoms with Crippen molar-refractivity contribution in [3.05, 3.63) is 102 Å². The standard InChI is InChI=1S/C31H26N2O2/c1-32(2)19-13-15-25-23(17-19)24-18-20(33(3)4)14-16-26(24)31(25)29-21-9-5-7-11-27(21)34-30(29)22-10-6-8-12-28(22)35-31/h5-18H,1-4H3. The van der Waals surface area contributed by atoms with E-state index in [1.807, 2.05) is 30.3 Å². The molecule has 4 heteroatoms. The van der Waals surface area contributed by atoms with Crippen LogP contribution in [0.1, 0.15) is 16.7 Å². The van der Waals surface area contributed by atoms with Crippen molar-refractivity contribution in [3.63, 3.8) is 0 Å². The second-order valence-corrected chi connectivity index (χ2v) is 9.83. The van der Waals surface area contributed by atoms with Crippen LogP contribution in [0.3, 0.4) is 0 Å². The Morgan fingerprint density at radius 1 is 0.629 bits per heavy atom. The second kappa shape index (κ2) is 6.92. The minimum absolute atomic E-state index is 0.795. The van der Waals surface area contributed by atoms with E-state index in [0.29, 0.717) is 0 Å². The molecule has 0 saturated heterocycles. The third-order valence-electron chi connectivity index (χ3n) is 7.43. The quantitative estimate of drug-likeness (QED) is 0.288. The van der Waals surface area contributed by atoms with Gasteiger partial charge in [0.2, 0.25) is 0 Å². The zero-order valence-electron chi connectivity index (χ0n) is 20.3. The van der Waals surface area contributed by atoms with Crippen LogP contribution < -0.4 is 14.5 Å². The van der Waals surface area contributed by atoms with Crippen LogP contribution in [-0.4, -0.2) is 28.2 Å². The van der Waals surface area contributed by atoms with Crippen LogP contribution in [0.2, 0.25) is 0 Å². The van der Waals surface area contributed by atoms with E-state index < -0.39 is 5.60 Å². The summed E-state index contributed by atoms with van der Waals surface area (Å²) in [7, 11) is 8.33. The number of anilines is 2. The summed E-state index contributed by atoms with van der Waals surface area (Å²) in [6.07, 6.45) is 0. The van der Waals surface area contributed by atoms with Gasteiger partial charge in [-0.15, -0.1) is 0 Å². The Morgan fingerprint density at radius 2 is 1.23 bits per heavy atom. The molecule has 2 aliphatic rings. The summed E-state index contributed by atoms with van der Waals surface area (Å²) in [5.74, 6) is 1.73. The number of furan rings is 1. The van der Waals surface area contributed by atoms with Gasteiger partial charge in [-0.2, -0.15) is 0 Å². The maximum absolute atomic E-state index is 7.14. The van der Waals surface area contributed by atoms with Crippen molar-refractivity contribution < 1.29 is 9.15 Å². The van der Waals surface area contributed by atoms with Crippen LogP contribution in [-0.2, 0) is 5.60 Å². The van der Waals surface area contributed by atoms with E-state index in [4.69, 9.17) is 9.15 Å². The van der Waals surface area contributed by atoms with Gasteiger partial charge in [0.15, 0.2) is 5.60 Å². The van der Waals surface area contributed by atoms with Gasteiger partial charge in [-0.05, 0) is 53.6 Å². The number of ether oxygens (including phenoxy) is 1. The lowest BCUT2D eigenvalue weighted by molar-refractivity contribution is 0.156. The number of fused-ring (bicyclic) bond motifs is 11. The van der Waals surface area contributed by atoms with Crippen LogP contribution in [0.25, 0.3) is 33.4 Å². The van der Waals surface area contributed by atoms with Crippen molar-refractivity contribution in [3.8, 4) is 28.2 Å². The fraction of sp³-hybridized carbons (Fsp3) is 0.161. The highest BCUT2D eigenvalue weighted by Gasteiger charge is 2.53. The minimum atomic E-state index is -0.795. The molecule has 7 rings (SSSR count). The lowest BCUT2D eigenvalue weighted by atomic mass is 9.79. The van der Waals surface area contributed by atoms with Crippen molar-refractivity contribution in [2.45, 2.75) is 5.60 Å². The number of benzene rings is 4. The maximum Gasteiger partial charge on any atom is 0.190 e. The molecule has 1 spiro atoms. The maximum atomic E-state index is 7.14. The molecule has 35 heavy (non-hydrogen) atoms. The SMILES string of the molecule is CN(C)c1ccc2c(c1)-c1cc(N(C)C)ccc1C21Oc2ccccc2-c2oc3ccccc3c21. The molecule has 4 aromatic carbocycles. The number of hydrogen-bond donors (Lipinski definition) is 0. The number of nitrogens with zero attached hydrogens (tertiary/aromatic N) is 2. The summed E-state index contributed by atoms with van der Waals surface area (Å²) >= 11 is 0. The van der Waals surface area contributed by atoms with E-state index in [1.165, 1.54) is 11.1 Å². The van der Waals surface area contributed by atoms with E-state index in [0.717, 1.165) is 56.1 Å². The highest BCUT2D eigenvalue weighted by atomic mass is 16.5. The normalized spacial score (nSPS) is 14.2. The topological polar surface area (TPSA) is 28.9 Å². The predicted octanol–water partition coefficient (Wildman–Crippen LogP) is 6.90. The molecule has 0 unspecified atom stereocenters. The third kappa shape index (κ3) is 2.57. The summed E-state index contributed by atoms with van der Waals surface area (Å²) in [4.78, 5) is 4.30. The molecule has 0 fully saturated rings. The van der Waals surface area contributed by atoms with Gasteiger partial charge in [0, 0.05) is 56.1 Å². The molecule has 0 radical (unpaired) electrons. The van der Waals surface area contributed by atoms with Gasteiger partial charge < -0.3 is 19.0 Å². The van der Waals surface area contributed by atoms with Crippen molar-refractivity contribution in [1.29, 1.82) is 0 Å². The zero-order valence-corrected chi connectivity index (χ0v) is 20.3. The fourth-order valence-electron chi connectivity index (χ4n) is 5.75. The van der Waals surface area contributed by atoms with Gasteiger partial charge in [0.05, 0.1) is 11.1 Å². The van der Waals surface area contributed by atoms with Gasteiger partial charge in [0.1, 0.15) is 17.1 Å². The molecule has 0 amide bonds. The fourth-order valence-corrected chi connectivity index (χ4v) is 5.75. The van der Waals surface area contributed by atoms with E-state index in [1.54, 1.807) is 0 Å². The van der Waals surface area contributed by atoms with Crippen LogP contribution in [0.15, 0.2) is 89.3 Å². The molecule has 5 aromatic rings. The summed E-state index contributed by atoms with van der Waals surface area (Å²) in [5.41, 5.74) is 9.18. The number of para-hydroxylation sites is 2. The Bertz CT molecular complexity index is 1590. The van der Waals surface area contributed by atoms with E-state index >= 15 is 0 Å². The van der Waals surface area contributed by atoms with Gasteiger partial charge in [0.25, 0.3) is 0 Å². The number of rotatable bonds is 2. The molecule has 2 heterocycles. The molecule has 4 nitrogen and oxygen atoms in total. The predicted molar refractivity (Wildman–Crippen MR) is 143 cm³/mol. The second-order valence-electron chi connectivity index (χ2n) is 9.83. The number of hydrogen-bond acceptors (Lipinski definition) is 4. The average Bonchev–Trinajstić information content (AvgIpc) is 3.39. The lowest BCUT2D eigenvalue weighted by Gasteiger charge is -2.37. The van der Waals surface area contributed by atoms with E-state index in [9.17, 15) is 0 Å². The van der Waals surface area contributed by atoms with Crippen LogP contribution >= 0.6 is 0 Å². The van der Waals surface area contributed by atoms with E-state index in [-0.39, 0.29) is 0 Å². The smallest absolute Gasteiger partial charge is 0.190 e. The van der Waals surface area contributed by atoms with Gasteiger partial charge in [-0.3, -0.25) is 0 Å². The molecule has 1 aromatic heterocycles. The van der Waals surface area contributed by atoms with E-state index in [2.05, 4.69) is 92.6 Å². The monoisotopic (exact) mass is 458 g/mol. The van der Waals surface area contributed by atoms with Gasteiger partial charge >= 0.3 is 0 Å². The Kier molecular flexibility index (Phi) is 4.00. The van der Waals surface area contributed by atoms with Gasteiger partial charge in [-0.1, -0.05) is 42.5 Å². The highest BCUT2D eigenvalue weighted by molar-refractivity contribution is 5.97. The zero-order chi connectivity index (χ0) is 23.9. The van der Waals surface area contributed by atoms with Crippen molar-refractivity contribution >= 4 is 22.3 Å². The summed E-state index contributed by atoms with van der Waals surface area (Å²) < 4.78 is 13.7. The molecule has 172 valence electrons. The summed E-state index contributed by atoms with van der Waals surface area (Å²) in [6.45, 7) is 0. The lowest BCUT2D eigenvalue weighted by Crippen LogP contribution is -2.36. The molecular weight excluding hydrogens is 432 g/mol. The minimum Gasteiger partial charge on any atom is -0.472 e. The third-order valence-corrected chi connectivity index (χ3v) is 7.43. The summed E-state index contributed by atoms with van der Waals surface area (Å²) in [5, 5.41) is 1.09. The highest BCUT2D eigenvalue weighted by Crippen LogP contribution is 2.61. The van der Waals surface area contributed by atoms with Crippen molar-refractivity contribution in [2.75, 3.05) is 38.0 Å². The summed E-state index contributed by atoms with van der Waals surface area (Å²) in [6, 6.07) is 29.9. The molecule has 1 aliphatic carbocycles. The Hall–Kier alpha value is -4.18. The molecule has 0 atom stereocenters. The van der Waals surface area contributed by atoms with Crippen molar-refractivity contribution in [2.24, 2.45) is 0 Å². The molecule has 0 bridgehead atoms. The molecule has 1 aliphatic heterocycles. The van der Waals surface area contributed by atoms with Crippen LogP contribution in [0.4, 0.5) is 11.4 Å². The van der Waals surface area contributed by atoms with Crippen LogP contribution in [0.5, 0.6) is 5.75 Å². The first-order valence-corrected chi connectivity index (χ1v) is 11.9. The largest absolute Gasteiger partial charge is 0.472 e. The Balaban J connectivity index is 1.64. The van der Waals surface area contributed by atoms with Gasteiger partial charge in [-0.25, -0.2) is 0 Å². The first-order valence-electron chi connectivity index (χ1n) is 11.9. The molecular formula is C31H26N2O2. The average molecular weight is 459 g/mol. The molecule has 0 saturated carbocycles. The first kappa shape index (κ1) is 20.2.